The fraction of sp³-hybridized carbons (Fsp3) is 0.600. The van der Waals surface area contributed by atoms with Crippen LogP contribution in [0.25, 0.3) is 0 Å². The number of hydrogen-bond donors (Lipinski definition) is 1. The van der Waals surface area contributed by atoms with Crippen LogP contribution in [0.1, 0.15) is 18.4 Å². The molecular weight excluding hydrogens is 166 g/mol. The maximum Gasteiger partial charge on any atom is 0.118 e. The summed E-state index contributed by atoms with van der Waals surface area (Å²) in [5, 5.41) is 8.69. The Morgan fingerprint density at radius 2 is 2.08 bits per heavy atom. The number of aryl methyl sites for hydroxylation is 1. The smallest absolute Gasteiger partial charge is 0.118 e. The topological polar surface area (TPSA) is 36.6 Å². The molecule has 1 aromatic heterocycles. The summed E-state index contributed by atoms with van der Waals surface area (Å²) < 4.78 is 5.53. The van der Waals surface area contributed by atoms with Crippen molar-refractivity contribution in [2.75, 3.05) is 20.2 Å². The average molecular weight is 183 g/mol. The molecule has 0 aliphatic heterocycles. The van der Waals surface area contributed by atoms with Crippen LogP contribution in [0.3, 0.4) is 0 Å². The average Bonchev–Trinajstić information content (AvgIpc) is 2.52. The van der Waals surface area contributed by atoms with Gasteiger partial charge in [-0.3, -0.25) is 4.90 Å². The number of aliphatic hydroxyl groups is 1. The highest BCUT2D eigenvalue weighted by atomic mass is 16.3. The van der Waals surface area contributed by atoms with Crippen LogP contribution in [-0.4, -0.2) is 30.2 Å². The van der Waals surface area contributed by atoms with E-state index < -0.39 is 0 Å². The molecule has 0 fully saturated rings. The van der Waals surface area contributed by atoms with E-state index in [9.17, 15) is 0 Å². The Balaban J connectivity index is 2.44. The zero-order valence-electron chi connectivity index (χ0n) is 8.29. The molecule has 0 bridgehead atoms. The van der Waals surface area contributed by atoms with Gasteiger partial charge < -0.3 is 9.52 Å². The van der Waals surface area contributed by atoms with Crippen LogP contribution in [0.4, 0.5) is 0 Å². The predicted molar refractivity (Wildman–Crippen MR) is 51.5 cm³/mol. The number of furan rings is 1. The van der Waals surface area contributed by atoms with E-state index in [0.29, 0.717) is 6.54 Å². The zero-order valence-corrected chi connectivity index (χ0v) is 8.29. The Hall–Kier alpha value is -0.800. The second-order valence-electron chi connectivity index (χ2n) is 3.18. The molecule has 3 heteroatoms. The Bertz CT molecular complexity index is 245. The van der Waals surface area contributed by atoms with E-state index in [1.807, 2.05) is 24.1 Å². The molecule has 0 saturated carbocycles. The normalized spacial score (nSPS) is 11.1. The van der Waals surface area contributed by atoms with Crippen molar-refractivity contribution in [1.29, 1.82) is 0 Å². The van der Waals surface area contributed by atoms with Gasteiger partial charge in [0.15, 0.2) is 0 Å². The lowest BCUT2D eigenvalue weighted by atomic mass is 10.3. The predicted octanol–water partition coefficient (Wildman–Crippen LogP) is 1.27. The van der Waals surface area contributed by atoms with Crippen molar-refractivity contribution >= 4 is 0 Å². The first-order valence-corrected chi connectivity index (χ1v) is 4.63. The summed E-state index contributed by atoms with van der Waals surface area (Å²) in [6, 6.07) is 3.99. The van der Waals surface area contributed by atoms with Gasteiger partial charge in [0.25, 0.3) is 0 Å². The van der Waals surface area contributed by atoms with Crippen molar-refractivity contribution in [3.63, 3.8) is 0 Å². The third kappa shape index (κ3) is 3.20. The van der Waals surface area contributed by atoms with Crippen LogP contribution in [0.15, 0.2) is 16.5 Å². The van der Waals surface area contributed by atoms with Crippen molar-refractivity contribution in [2.45, 2.75) is 19.9 Å². The second kappa shape index (κ2) is 5.04. The molecule has 0 amide bonds. The fourth-order valence-corrected chi connectivity index (χ4v) is 1.21. The van der Waals surface area contributed by atoms with Crippen LogP contribution >= 0.6 is 0 Å². The van der Waals surface area contributed by atoms with Crippen molar-refractivity contribution in [3.05, 3.63) is 23.7 Å². The largest absolute Gasteiger partial charge is 0.465 e. The monoisotopic (exact) mass is 183 g/mol. The number of rotatable bonds is 5. The molecule has 1 rings (SSSR count). The van der Waals surface area contributed by atoms with Gasteiger partial charge in [-0.15, -0.1) is 0 Å². The lowest BCUT2D eigenvalue weighted by Crippen LogP contribution is -2.21. The summed E-state index contributed by atoms with van der Waals surface area (Å²) in [7, 11) is 1.96. The molecule has 1 aromatic rings. The Kier molecular flexibility index (Phi) is 3.99. The van der Waals surface area contributed by atoms with Crippen LogP contribution in [0.2, 0.25) is 0 Å². The van der Waals surface area contributed by atoms with Gasteiger partial charge in [0, 0.05) is 13.0 Å². The lowest BCUT2D eigenvalue weighted by molar-refractivity contribution is 0.207. The molecule has 0 atom stereocenters. The van der Waals surface area contributed by atoms with Crippen molar-refractivity contribution in [3.8, 4) is 0 Å². The Morgan fingerprint density at radius 3 is 2.62 bits per heavy atom. The first-order chi connectivity index (χ1) is 6.26. The standard InChI is InChI=1S/C10H17NO2/c1-3-9-4-5-10(13-9)8-11(2)6-7-12/h4-5,12H,3,6-8H2,1-2H3. The van der Waals surface area contributed by atoms with E-state index >= 15 is 0 Å². The lowest BCUT2D eigenvalue weighted by Gasteiger charge is -2.12. The number of aliphatic hydroxyl groups excluding tert-OH is 1. The molecule has 0 aliphatic carbocycles. The van der Waals surface area contributed by atoms with E-state index in [1.54, 1.807) is 0 Å². The molecule has 3 nitrogen and oxygen atoms in total. The van der Waals surface area contributed by atoms with E-state index in [0.717, 1.165) is 24.5 Å². The quantitative estimate of drug-likeness (QED) is 0.746. The highest BCUT2D eigenvalue weighted by Gasteiger charge is 2.03. The van der Waals surface area contributed by atoms with Gasteiger partial charge in [0.1, 0.15) is 11.5 Å². The zero-order chi connectivity index (χ0) is 9.68. The van der Waals surface area contributed by atoms with Gasteiger partial charge in [-0.2, -0.15) is 0 Å². The van der Waals surface area contributed by atoms with Gasteiger partial charge >= 0.3 is 0 Å². The van der Waals surface area contributed by atoms with E-state index in [-0.39, 0.29) is 6.61 Å². The molecule has 0 aliphatic rings. The summed E-state index contributed by atoms with van der Waals surface area (Å²) in [6.45, 7) is 3.71. The van der Waals surface area contributed by atoms with E-state index in [1.165, 1.54) is 0 Å². The third-order valence-corrected chi connectivity index (χ3v) is 1.97. The second-order valence-corrected chi connectivity index (χ2v) is 3.18. The molecule has 13 heavy (non-hydrogen) atoms. The van der Waals surface area contributed by atoms with Crippen LogP contribution < -0.4 is 0 Å². The molecule has 0 spiro atoms. The van der Waals surface area contributed by atoms with Crippen molar-refractivity contribution in [2.24, 2.45) is 0 Å². The maximum absolute atomic E-state index is 8.69. The summed E-state index contributed by atoms with van der Waals surface area (Å²) in [4.78, 5) is 2.03. The summed E-state index contributed by atoms with van der Waals surface area (Å²) in [5.74, 6) is 1.99. The fourth-order valence-electron chi connectivity index (χ4n) is 1.21. The van der Waals surface area contributed by atoms with E-state index in [4.69, 9.17) is 9.52 Å². The van der Waals surface area contributed by atoms with E-state index in [2.05, 4.69) is 6.92 Å². The van der Waals surface area contributed by atoms with Crippen LogP contribution in [0.5, 0.6) is 0 Å². The first kappa shape index (κ1) is 10.3. The molecule has 1 N–H and O–H groups in total. The minimum Gasteiger partial charge on any atom is -0.465 e. The summed E-state index contributed by atoms with van der Waals surface area (Å²) in [6.07, 6.45) is 0.934. The molecule has 0 unspecified atom stereocenters. The maximum atomic E-state index is 8.69. The van der Waals surface area contributed by atoms with Crippen molar-refractivity contribution < 1.29 is 9.52 Å². The van der Waals surface area contributed by atoms with Crippen LogP contribution in [-0.2, 0) is 13.0 Å². The van der Waals surface area contributed by atoms with Crippen LogP contribution in [0, 0.1) is 0 Å². The minimum absolute atomic E-state index is 0.192. The number of likely N-dealkylation sites (N-methyl/N-ethyl adjacent to an activating group) is 1. The number of nitrogens with zero attached hydrogens (tertiary/aromatic N) is 1. The van der Waals surface area contributed by atoms with Crippen molar-refractivity contribution in [1.82, 2.24) is 4.90 Å². The SMILES string of the molecule is CCc1ccc(CN(C)CCO)o1. The molecular formula is C10H17NO2. The van der Waals surface area contributed by atoms with Gasteiger partial charge in [0.05, 0.1) is 13.2 Å². The van der Waals surface area contributed by atoms with Gasteiger partial charge in [0.2, 0.25) is 0 Å². The highest BCUT2D eigenvalue weighted by Crippen LogP contribution is 2.09. The van der Waals surface area contributed by atoms with Gasteiger partial charge in [-0.05, 0) is 19.2 Å². The number of hydrogen-bond acceptors (Lipinski definition) is 3. The van der Waals surface area contributed by atoms with Gasteiger partial charge in [-0.25, -0.2) is 0 Å². The molecule has 0 radical (unpaired) electrons. The highest BCUT2D eigenvalue weighted by molar-refractivity contribution is 5.06. The molecule has 0 aromatic carbocycles. The first-order valence-electron chi connectivity index (χ1n) is 4.63. The Morgan fingerprint density at radius 1 is 1.38 bits per heavy atom. The van der Waals surface area contributed by atoms with Gasteiger partial charge in [-0.1, -0.05) is 6.92 Å². The Labute approximate surface area is 79.0 Å². The summed E-state index contributed by atoms with van der Waals surface area (Å²) in [5.41, 5.74) is 0. The third-order valence-electron chi connectivity index (χ3n) is 1.97. The molecule has 0 saturated heterocycles. The minimum atomic E-state index is 0.192. The molecule has 74 valence electrons. The summed E-state index contributed by atoms with van der Waals surface area (Å²) >= 11 is 0. The molecule has 1 heterocycles.